The highest BCUT2D eigenvalue weighted by Crippen LogP contribution is 2.38. The summed E-state index contributed by atoms with van der Waals surface area (Å²) >= 11 is 9.06. The van der Waals surface area contributed by atoms with E-state index in [-0.39, 0.29) is 11.7 Å². The van der Waals surface area contributed by atoms with Gasteiger partial charge in [-0.25, -0.2) is 4.79 Å². The minimum Gasteiger partial charge on any atom is -0.481 e. The molecular formula is C28H33ClN4O4S2. The van der Waals surface area contributed by atoms with Crippen molar-refractivity contribution in [3.63, 3.8) is 0 Å². The van der Waals surface area contributed by atoms with E-state index in [2.05, 4.69) is 22.1 Å². The molecular weight excluding hydrogens is 556 g/mol. The maximum Gasteiger partial charge on any atom is 0.341 e. The number of benzene rings is 1. The van der Waals surface area contributed by atoms with Crippen molar-refractivity contribution in [1.29, 1.82) is 0 Å². The second-order valence-corrected chi connectivity index (χ2v) is 11.8. The second kappa shape index (κ2) is 13.5. The number of carbonyl (C=O) groups excluding carboxylic acids is 2. The van der Waals surface area contributed by atoms with Crippen LogP contribution in [0.4, 0.5) is 5.00 Å². The van der Waals surface area contributed by atoms with Crippen LogP contribution >= 0.6 is 34.7 Å². The van der Waals surface area contributed by atoms with Crippen LogP contribution in [-0.2, 0) is 28.9 Å². The summed E-state index contributed by atoms with van der Waals surface area (Å²) in [5.41, 5.74) is 2.55. The lowest BCUT2D eigenvalue weighted by Crippen LogP contribution is -2.17. The number of esters is 1. The van der Waals surface area contributed by atoms with Gasteiger partial charge in [0.05, 0.1) is 23.4 Å². The van der Waals surface area contributed by atoms with Gasteiger partial charge in [0, 0.05) is 11.4 Å². The molecule has 0 saturated heterocycles. The SMILES string of the molecule is C=CCn1c(SCC(=O)Nc2sc3c(c2C(=O)OC)CCCCCC3)nnc1C(C)Oc1cc(C)ccc1Cl. The number of thiophene rings is 1. The van der Waals surface area contributed by atoms with Crippen LogP contribution in [0, 0.1) is 6.92 Å². The van der Waals surface area contributed by atoms with Crippen molar-refractivity contribution in [2.45, 2.75) is 70.2 Å². The molecule has 4 rings (SSSR count). The number of thioether (sulfide) groups is 1. The topological polar surface area (TPSA) is 95.3 Å². The van der Waals surface area contributed by atoms with Gasteiger partial charge in [0.15, 0.2) is 17.1 Å². The quantitative estimate of drug-likeness (QED) is 0.158. The van der Waals surface area contributed by atoms with E-state index in [0.717, 1.165) is 48.1 Å². The molecule has 1 N–H and O–H groups in total. The number of aromatic nitrogens is 3. The summed E-state index contributed by atoms with van der Waals surface area (Å²) in [5.74, 6) is 0.620. The molecule has 0 aliphatic heterocycles. The molecule has 1 amide bonds. The number of fused-ring (bicyclic) bond motifs is 1. The van der Waals surface area contributed by atoms with Gasteiger partial charge in [0.1, 0.15) is 10.8 Å². The Kier molecular flexibility index (Phi) is 10.1. The molecule has 1 aliphatic rings. The lowest BCUT2D eigenvalue weighted by molar-refractivity contribution is -0.113. The summed E-state index contributed by atoms with van der Waals surface area (Å²) in [4.78, 5) is 26.8. The fourth-order valence-corrected chi connectivity index (χ4v) is 6.78. The highest BCUT2D eigenvalue weighted by atomic mass is 35.5. The molecule has 11 heteroatoms. The van der Waals surface area contributed by atoms with Crippen LogP contribution in [0.2, 0.25) is 5.02 Å². The summed E-state index contributed by atoms with van der Waals surface area (Å²) in [6.07, 6.45) is 7.47. The number of halogens is 1. The van der Waals surface area contributed by atoms with Crippen LogP contribution in [-0.4, -0.2) is 39.5 Å². The Bertz CT molecular complexity index is 1350. The van der Waals surface area contributed by atoms with Gasteiger partial charge in [-0.1, -0.05) is 48.3 Å². The number of aryl methyl sites for hydroxylation is 2. The number of nitrogens with zero attached hydrogens (tertiary/aromatic N) is 3. The third kappa shape index (κ3) is 7.04. The number of hydrogen-bond acceptors (Lipinski definition) is 8. The average molecular weight is 589 g/mol. The highest BCUT2D eigenvalue weighted by molar-refractivity contribution is 7.99. The minimum atomic E-state index is -0.437. The fraction of sp³-hybridized carbons (Fsp3) is 0.429. The van der Waals surface area contributed by atoms with E-state index in [1.807, 2.05) is 30.5 Å². The van der Waals surface area contributed by atoms with Gasteiger partial charge in [0.25, 0.3) is 0 Å². The molecule has 1 atom stereocenters. The number of hydrogen-bond donors (Lipinski definition) is 1. The van der Waals surface area contributed by atoms with Gasteiger partial charge in [-0.15, -0.1) is 28.1 Å². The standard InChI is InChI=1S/C28H33ClN4O4S2/c1-5-14-33-25(18(3)37-21-15-17(2)12-13-20(21)29)31-32-28(33)38-16-23(34)30-26-24(27(35)36-4)19-10-8-6-7-9-11-22(19)39-26/h5,12-13,15,18H,1,6-11,14,16H2,2-4H3,(H,30,34). The molecule has 2 aromatic heterocycles. The zero-order chi connectivity index (χ0) is 27.9. The third-order valence-electron chi connectivity index (χ3n) is 6.46. The van der Waals surface area contributed by atoms with Crippen LogP contribution < -0.4 is 10.1 Å². The number of carbonyl (C=O) groups is 2. The second-order valence-electron chi connectivity index (χ2n) is 9.38. The molecule has 0 saturated carbocycles. The van der Waals surface area contributed by atoms with Crippen molar-refractivity contribution >= 4 is 51.6 Å². The largest absolute Gasteiger partial charge is 0.481 e. The number of nitrogens with one attached hydrogen (secondary N) is 1. The maximum atomic E-state index is 13.0. The van der Waals surface area contributed by atoms with Crippen LogP contribution in [0.15, 0.2) is 36.0 Å². The van der Waals surface area contributed by atoms with E-state index in [1.165, 1.54) is 36.6 Å². The molecule has 39 heavy (non-hydrogen) atoms. The highest BCUT2D eigenvalue weighted by Gasteiger charge is 2.26. The molecule has 0 fully saturated rings. The lowest BCUT2D eigenvalue weighted by Gasteiger charge is -2.17. The van der Waals surface area contributed by atoms with Crippen molar-refractivity contribution in [3.05, 3.63) is 63.3 Å². The van der Waals surface area contributed by atoms with Gasteiger partial charge in [0.2, 0.25) is 5.91 Å². The molecule has 1 unspecified atom stereocenters. The summed E-state index contributed by atoms with van der Waals surface area (Å²) < 4.78 is 13.0. The number of ether oxygens (including phenoxy) is 2. The average Bonchev–Trinajstić information content (AvgIpc) is 3.45. The van der Waals surface area contributed by atoms with Gasteiger partial charge in [-0.2, -0.15) is 0 Å². The van der Waals surface area contributed by atoms with Crippen molar-refractivity contribution < 1.29 is 19.1 Å². The zero-order valence-electron chi connectivity index (χ0n) is 22.4. The molecule has 1 aliphatic carbocycles. The van der Waals surface area contributed by atoms with Crippen LogP contribution in [0.25, 0.3) is 0 Å². The maximum absolute atomic E-state index is 13.0. The van der Waals surface area contributed by atoms with Crippen molar-refractivity contribution in [3.8, 4) is 5.75 Å². The first-order chi connectivity index (χ1) is 18.8. The van der Waals surface area contributed by atoms with Crippen LogP contribution in [0.1, 0.15) is 70.9 Å². The van der Waals surface area contributed by atoms with Crippen molar-refractivity contribution in [1.82, 2.24) is 14.8 Å². The van der Waals surface area contributed by atoms with Crippen molar-refractivity contribution in [2.75, 3.05) is 18.2 Å². The first-order valence-electron chi connectivity index (χ1n) is 12.9. The van der Waals surface area contributed by atoms with Crippen LogP contribution in [0.3, 0.4) is 0 Å². The number of anilines is 1. The summed E-state index contributed by atoms with van der Waals surface area (Å²) in [6, 6.07) is 5.59. The predicted molar refractivity (Wildman–Crippen MR) is 156 cm³/mol. The molecule has 0 bridgehead atoms. The Morgan fingerprint density at radius 3 is 2.77 bits per heavy atom. The predicted octanol–water partition coefficient (Wildman–Crippen LogP) is 6.80. The van der Waals surface area contributed by atoms with E-state index >= 15 is 0 Å². The molecule has 1 aromatic carbocycles. The Hall–Kier alpha value is -2.82. The van der Waals surface area contributed by atoms with E-state index < -0.39 is 12.1 Å². The fourth-order valence-electron chi connectivity index (χ4n) is 4.57. The van der Waals surface area contributed by atoms with E-state index in [0.29, 0.717) is 38.9 Å². The smallest absolute Gasteiger partial charge is 0.341 e. The van der Waals surface area contributed by atoms with Gasteiger partial charge < -0.3 is 14.8 Å². The lowest BCUT2D eigenvalue weighted by atomic mass is 9.96. The summed E-state index contributed by atoms with van der Waals surface area (Å²) in [5, 5.41) is 13.3. The Balaban J connectivity index is 1.48. The molecule has 0 spiro atoms. The molecule has 2 heterocycles. The zero-order valence-corrected chi connectivity index (χ0v) is 24.8. The number of allylic oxidation sites excluding steroid dienone is 1. The van der Waals surface area contributed by atoms with E-state index in [9.17, 15) is 9.59 Å². The van der Waals surface area contributed by atoms with Gasteiger partial charge in [-0.05, 0) is 62.8 Å². The Labute approximate surface area is 242 Å². The van der Waals surface area contributed by atoms with Gasteiger partial charge >= 0.3 is 5.97 Å². The van der Waals surface area contributed by atoms with Crippen molar-refractivity contribution in [2.24, 2.45) is 0 Å². The first-order valence-corrected chi connectivity index (χ1v) is 15.1. The van der Waals surface area contributed by atoms with E-state index in [1.54, 1.807) is 12.1 Å². The molecule has 208 valence electrons. The Morgan fingerprint density at radius 1 is 1.26 bits per heavy atom. The molecule has 3 aromatic rings. The minimum absolute atomic E-state index is 0.0946. The van der Waals surface area contributed by atoms with E-state index in [4.69, 9.17) is 21.1 Å². The number of amides is 1. The summed E-state index contributed by atoms with van der Waals surface area (Å²) in [6.45, 7) is 8.14. The van der Waals surface area contributed by atoms with Gasteiger partial charge in [-0.3, -0.25) is 9.36 Å². The monoisotopic (exact) mass is 588 g/mol. The number of rotatable bonds is 10. The van der Waals surface area contributed by atoms with Crippen LogP contribution in [0.5, 0.6) is 5.75 Å². The Morgan fingerprint density at radius 2 is 2.03 bits per heavy atom. The molecule has 8 nitrogen and oxygen atoms in total. The normalized spacial score (nSPS) is 14.1. The molecule has 0 radical (unpaired) electrons. The third-order valence-corrected chi connectivity index (χ3v) is 8.94. The first kappa shape index (κ1) is 29.2. The number of methoxy groups -OCH3 is 1. The summed E-state index contributed by atoms with van der Waals surface area (Å²) in [7, 11) is 1.37.